The molecule has 1 aliphatic rings. The lowest BCUT2D eigenvalue weighted by molar-refractivity contribution is -0.122. The van der Waals surface area contributed by atoms with E-state index in [0.717, 1.165) is 21.6 Å². The number of barbiturate groups is 1. The van der Waals surface area contributed by atoms with Gasteiger partial charge in [0.25, 0.3) is 11.8 Å². The second-order valence-corrected chi connectivity index (χ2v) is 9.73. The van der Waals surface area contributed by atoms with E-state index < -0.39 is 17.8 Å². The highest BCUT2D eigenvalue weighted by atomic mass is 127. The Balaban J connectivity index is 1.66. The Bertz CT molecular complexity index is 1420. The van der Waals surface area contributed by atoms with Gasteiger partial charge < -0.3 is 9.47 Å². The number of methoxy groups -OCH3 is 1. The predicted molar refractivity (Wildman–Crippen MR) is 146 cm³/mol. The van der Waals surface area contributed by atoms with Gasteiger partial charge in [0.05, 0.1) is 16.4 Å². The topological polar surface area (TPSA) is 84.9 Å². The third-order valence-electron chi connectivity index (χ3n) is 5.75. The molecular formula is C27H22ClIN2O5. The summed E-state index contributed by atoms with van der Waals surface area (Å²) in [5, 5.41) is 2.88. The van der Waals surface area contributed by atoms with E-state index in [2.05, 4.69) is 27.9 Å². The van der Waals surface area contributed by atoms with Gasteiger partial charge in [-0.05, 0) is 95.1 Å². The number of hydrogen-bond acceptors (Lipinski definition) is 5. The molecule has 0 atom stereocenters. The summed E-state index contributed by atoms with van der Waals surface area (Å²) in [6.07, 6.45) is 1.44. The molecule has 1 heterocycles. The van der Waals surface area contributed by atoms with Crippen LogP contribution in [0.2, 0.25) is 5.02 Å². The lowest BCUT2D eigenvalue weighted by Crippen LogP contribution is -2.54. The summed E-state index contributed by atoms with van der Waals surface area (Å²) < 4.78 is 12.2. The largest absolute Gasteiger partial charge is 0.493 e. The first-order valence-electron chi connectivity index (χ1n) is 10.9. The number of urea groups is 1. The van der Waals surface area contributed by atoms with Crippen LogP contribution in [0.5, 0.6) is 11.5 Å². The maximum atomic E-state index is 13.3. The fourth-order valence-corrected chi connectivity index (χ4v) is 4.76. The van der Waals surface area contributed by atoms with Gasteiger partial charge in [0, 0.05) is 5.02 Å². The Morgan fingerprint density at radius 1 is 1.06 bits per heavy atom. The van der Waals surface area contributed by atoms with Crippen molar-refractivity contribution in [2.24, 2.45) is 0 Å². The van der Waals surface area contributed by atoms with Crippen molar-refractivity contribution in [1.29, 1.82) is 0 Å². The molecule has 0 aliphatic carbocycles. The van der Waals surface area contributed by atoms with E-state index in [4.69, 9.17) is 21.1 Å². The highest BCUT2D eigenvalue weighted by Crippen LogP contribution is 2.36. The number of rotatable bonds is 6. The average Bonchev–Trinajstić information content (AvgIpc) is 2.83. The Hall–Kier alpha value is -3.37. The molecule has 1 N–H and O–H groups in total. The van der Waals surface area contributed by atoms with Gasteiger partial charge in [0.2, 0.25) is 0 Å². The number of carbonyl (C=O) groups excluding carboxylic acids is 3. The third kappa shape index (κ3) is 5.24. The zero-order valence-electron chi connectivity index (χ0n) is 19.7. The number of amides is 4. The van der Waals surface area contributed by atoms with Crippen LogP contribution in [0.15, 0.2) is 60.2 Å². The van der Waals surface area contributed by atoms with E-state index in [1.807, 2.05) is 38.1 Å². The van der Waals surface area contributed by atoms with Crippen LogP contribution in [0.4, 0.5) is 10.5 Å². The van der Waals surface area contributed by atoms with Crippen LogP contribution in [0.25, 0.3) is 6.08 Å². The van der Waals surface area contributed by atoms with E-state index in [1.54, 1.807) is 30.3 Å². The molecule has 184 valence electrons. The molecule has 0 spiro atoms. The van der Waals surface area contributed by atoms with Gasteiger partial charge >= 0.3 is 6.03 Å². The minimum absolute atomic E-state index is 0.166. The normalized spacial score (nSPS) is 14.8. The first-order valence-corrected chi connectivity index (χ1v) is 12.4. The first kappa shape index (κ1) is 25.7. The smallest absolute Gasteiger partial charge is 0.335 e. The van der Waals surface area contributed by atoms with Crippen molar-refractivity contribution in [3.63, 3.8) is 0 Å². The zero-order valence-corrected chi connectivity index (χ0v) is 22.6. The number of nitrogens with one attached hydrogen (secondary N) is 1. The molecule has 1 aliphatic heterocycles. The molecule has 0 radical (unpaired) electrons. The van der Waals surface area contributed by atoms with Crippen molar-refractivity contribution >= 4 is 63.8 Å². The van der Waals surface area contributed by atoms with Crippen LogP contribution < -0.4 is 19.7 Å². The number of ether oxygens (including phenoxy) is 2. The van der Waals surface area contributed by atoms with Crippen LogP contribution in [0.3, 0.4) is 0 Å². The Morgan fingerprint density at radius 2 is 1.81 bits per heavy atom. The number of aryl methyl sites for hydroxylation is 1. The molecule has 1 saturated heterocycles. The molecule has 0 aromatic heterocycles. The van der Waals surface area contributed by atoms with Gasteiger partial charge in [-0.15, -0.1) is 0 Å². The molecular weight excluding hydrogens is 595 g/mol. The maximum Gasteiger partial charge on any atom is 0.335 e. The molecule has 3 aromatic carbocycles. The first-order chi connectivity index (χ1) is 17.2. The molecule has 9 heteroatoms. The van der Waals surface area contributed by atoms with Crippen LogP contribution in [-0.4, -0.2) is 25.0 Å². The molecule has 4 rings (SSSR count). The summed E-state index contributed by atoms with van der Waals surface area (Å²) in [5.74, 6) is -0.511. The third-order valence-corrected chi connectivity index (χ3v) is 6.79. The van der Waals surface area contributed by atoms with Crippen molar-refractivity contribution in [1.82, 2.24) is 5.32 Å². The van der Waals surface area contributed by atoms with Gasteiger partial charge in [-0.25, -0.2) is 9.69 Å². The van der Waals surface area contributed by atoms with Crippen molar-refractivity contribution in [2.45, 2.75) is 20.5 Å². The quantitative estimate of drug-likeness (QED) is 0.215. The Kier molecular flexibility index (Phi) is 7.65. The number of anilines is 1. The minimum atomic E-state index is -0.784. The van der Waals surface area contributed by atoms with Crippen molar-refractivity contribution in [2.75, 3.05) is 12.0 Å². The van der Waals surface area contributed by atoms with E-state index in [1.165, 1.54) is 13.2 Å². The number of hydrogen-bond donors (Lipinski definition) is 1. The summed E-state index contributed by atoms with van der Waals surface area (Å²) in [4.78, 5) is 39.5. The lowest BCUT2D eigenvalue weighted by Gasteiger charge is -2.28. The number of imide groups is 2. The fraction of sp³-hybridized carbons (Fsp3) is 0.148. The summed E-state index contributed by atoms with van der Waals surface area (Å²) in [6.45, 7) is 3.98. The molecule has 3 aromatic rings. The highest BCUT2D eigenvalue weighted by molar-refractivity contribution is 14.1. The molecule has 36 heavy (non-hydrogen) atoms. The minimum Gasteiger partial charge on any atom is -0.493 e. The highest BCUT2D eigenvalue weighted by Gasteiger charge is 2.37. The van der Waals surface area contributed by atoms with Gasteiger partial charge in [-0.3, -0.25) is 14.9 Å². The van der Waals surface area contributed by atoms with Crippen LogP contribution in [-0.2, 0) is 16.2 Å². The Morgan fingerprint density at radius 3 is 2.53 bits per heavy atom. The van der Waals surface area contributed by atoms with E-state index in [-0.39, 0.29) is 12.2 Å². The molecule has 1 fully saturated rings. The fourth-order valence-electron chi connectivity index (χ4n) is 3.77. The molecule has 0 saturated carbocycles. The summed E-state index contributed by atoms with van der Waals surface area (Å²) in [7, 11) is 1.51. The predicted octanol–water partition coefficient (Wildman–Crippen LogP) is 5.82. The number of carbonyl (C=O) groups is 3. The maximum absolute atomic E-state index is 13.3. The Labute approximate surface area is 227 Å². The number of nitrogens with zero attached hydrogens (tertiary/aromatic N) is 1. The number of benzene rings is 3. The van der Waals surface area contributed by atoms with Gasteiger partial charge in [0.1, 0.15) is 12.2 Å². The van der Waals surface area contributed by atoms with Crippen LogP contribution in [0.1, 0.15) is 22.3 Å². The van der Waals surface area contributed by atoms with Gasteiger partial charge in [-0.2, -0.15) is 0 Å². The van der Waals surface area contributed by atoms with Crippen LogP contribution >= 0.6 is 34.2 Å². The zero-order chi connectivity index (χ0) is 26.0. The molecule has 7 nitrogen and oxygen atoms in total. The monoisotopic (exact) mass is 616 g/mol. The van der Waals surface area contributed by atoms with Crippen molar-refractivity contribution < 1.29 is 23.9 Å². The van der Waals surface area contributed by atoms with E-state index >= 15 is 0 Å². The molecule has 0 unspecified atom stereocenters. The van der Waals surface area contributed by atoms with Gasteiger partial charge in [-0.1, -0.05) is 35.9 Å². The average molecular weight is 617 g/mol. The van der Waals surface area contributed by atoms with E-state index in [0.29, 0.717) is 31.3 Å². The molecule has 4 amide bonds. The second-order valence-electron chi connectivity index (χ2n) is 8.13. The second kappa shape index (κ2) is 10.7. The number of halogens is 2. The summed E-state index contributed by atoms with van der Waals surface area (Å²) in [6, 6.07) is 15.3. The summed E-state index contributed by atoms with van der Waals surface area (Å²) in [5.41, 5.74) is 3.39. The van der Waals surface area contributed by atoms with Crippen molar-refractivity contribution in [3.05, 3.63) is 91.0 Å². The lowest BCUT2D eigenvalue weighted by atomic mass is 10.0. The van der Waals surface area contributed by atoms with Crippen molar-refractivity contribution in [3.8, 4) is 11.5 Å². The molecule has 0 bridgehead atoms. The van der Waals surface area contributed by atoms with Gasteiger partial charge in [0.15, 0.2) is 11.5 Å². The van der Waals surface area contributed by atoms with Crippen LogP contribution in [0, 0.1) is 17.4 Å². The summed E-state index contributed by atoms with van der Waals surface area (Å²) >= 11 is 8.16. The van der Waals surface area contributed by atoms with E-state index in [9.17, 15) is 14.4 Å². The SMILES string of the molecule is COc1cc(/C=C2\C(=O)NC(=O)N(c3cccc(C)c3C)C2=O)cc(I)c1OCc1cccc(Cl)c1. The standard InChI is InChI=1S/C27H22ClIN2O5/c1-15-6-4-9-22(16(15)2)31-26(33)20(25(32)30-27(31)34)11-18-12-21(29)24(23(13-18)35-3)36-14-17-7-5-8-19(28)10-17/h4-13H,14H2,1-3H3,(H,30,32,34)/b20-11+.